The van der Waals surface area contributed by atoms with E-state index >= 15 is 0 Å². The number of imidazole rings is 1. The molecule has 6 nitrogen and oxygen atoms in total. The van der Waals surface area contributed by atoms with Crippen molar-refractivity contribution in [3.8, 4) is 0 Å². The number of carboxylic acid groups (broad SMARTS) is 1. The number of aryl methyl sites for hydroxylation is 2. The molecule has 0 amide bonds. The number of ether oxygens (including phenoxy) is 1. The predicted molar refractivity (Wildman–Crippen MR) is 82.8 cm³/mol. The highest BCUT2D eigenvalue weighted by Gasteiger charge is 2.17. The van der Waals surface area contributed by atoms with Crippen molar-refractivity contribution in [2.45, 2.75) is 26.4 Å². The Labute approximate surface area is 129 Å². The molecule has 0 radical (unpaired) electrons. The molecule has 0 aliphatic carbocycles. The zero-order chi connectivity index (χ0) is 15.5. The van der Waals surface area contributed by atoms with Gasteiger partial charge in [0.05, 0.1) is 37.2 Å². The zero-order valence-electron chi connectivity index (χ0n) is 12.8. The summed E-state index contributed by atoms with van der Waals surface area (Å²) >= 11 is 0. The molecule has 2 aromatic rings. The lowest BCUT2D eigenvalue weighted by molar-refractivity contribution is -0.137. The molecule has 1 aromatic heterocycles. The number of hydrogen-bond donors (Lipinski definition) is 1. The number of carbonyl (C=O) groups is 1. The van der Waals surface area contributed by atoms with Gasteiger partial charge in [-0.1, -0.05) is 6.07 Å². The summed E-state index contributed by atoms with van der Waals surface area (Å²) in [7, 11) is 0. The van der Waals surface area contributed by atoms with E-state index in [2.05, 4.69) is 11.0 Å². The fourth-order valence-electron chi connectivity index (χ4n) is 2.83. The van der Waals surface area contributed by atoms with Crippen LogP contribution in [0.4, 0.5) is 0 Å². The van der Waals surface area contributed by atoms with Gasteiger partial charge in [0.1, 0.15) is 5.82 Å². The molecule has 22 heavy (non-hydrogen) atoms. The topological polar surface area (TPSA) is 67.6 Å². The normalized spacial score (nSPS) is 16.2. The van der Waals surface area contributed by atoms with Gasteiger partial charge in [-0.25, -0.2) is 4.98 Å². The van der Waals surface area contributed by atoms with E-state index in [1.165, 1.54) is 0 Å². The summed E-state index contributed by atoms with van der Waals surface area (Å²) in [5, 5.41) is 8.98. The van der Waals surface area contributed by atoms with Gasteiger partial charge in [0.25, 0.3) is 0 Å². The second-order valence-corrected chi connectivity index (χ2v) is 5.70. The van der Waals surface area contributed by atoms with Gasteiger partial charge >= 0.3 is 5.97 Å². The Kier molecular flexibility index (Phi) is 4.40. The molecule has 0 unspecified atom stereocenters. The smallest absolute Gasteiger partial charge is 0.305 e. The van der Waals surface area contributed by atoms with Gasteiger partial charge < -0.3 is 14.4 Å². The van der Waals surface area contributed by atoms with Gasteiger partial charge in [0.2, 0.25) is 0 Å². The van der Waals surface area contributed by atoms with Gasteiger partial charge in [-0.2, -0.15) is 0 Å². The van der Waals surface area contributed by atoms with Gasteiger partial charge in [0.15, 0.2) is 0 Å². The number of fused-ring (bicyclic) bond motifs is 1. The maximum absolute atomic E-state index is 10.9. The minimum Gasteiger partial charge on any atom is -0.481 e. The third-order valence-corrected chi connectivity index (χ3v) is 4.00. The molecule has 1 aliphatic heterocycles. The van der Waals surface area contributed by atoms with E-state index in [1.807, 2.05) is 23.6 Å². The molecule has 1 aromatic carbocycles. The maximum atomic E-state index is 10.9. The average molecular weight is 303 g/mol. The standard InChI is InChI=1S/C16H21N3O3/c1-12-2-3-14-13(10-12)17-15(19(14)5-4-16(20)21)11-18-6-8-22-9-7-18/h2-3,10H,4-9,11H2,1H3,(H,20,21). The first-order valence-corrected chi connectivity index (χ1v) is 7.61. The molecule has 0 atom stereocenters. The van der Waals surface area contributed by atoms with Crippen molar-refractivity contribution in [3.63, 3.8) is 0 Å². The van der Waals surface area contributed by atoms with Crippen molar-refractivity contribution in [1.82, 2.24) is 14.5 Å². The molecule has 1 fully saturated rings. The summed E-state index contributed by atoms with van der Waals surface area (Å²) in [5.41, 5.74) is 3.11. The van der Waals surface area contributed by atoms with Crippen LogP contribution in [-0.4, -0.2) is 51.8 Å². The summed E-state index contributed by atoms with van der Waals surface area (Å²) in [5.74, 6) is 0.148. The van der Waals surface area contributed by atoms with Crippen LogP contribution in [0.2, 0.25) is 0 Å². The Balaban J connectivity index is 1.91. The number of aliphatic carboxylic acids is 1. The minimum absolute atomic E-state index is 0.107. The summed E-state index contributed by atoms with van der Waals surface area (Å²) in [4.78, 5) is 18.0. The molecular formula is C16H21N3O3. The number of carboxylic acids is 1. The van der Waals surface area contributed by atoms with Crippen LogP contribution in [0.15, 0.2) is 18.2 Å². The second-order valence-electron chi connectivity index (χ2n) is 5.70. The van der Waals surface area contributed by atoms with Crippen LogP contribution in [0.3, 0.4) is 0 Å². The largest absolute Gasteiger partial charge is 0.481 e. The van der Waals surface area contributed by atoms with E-state index in [1.54, 1.807) is 0 Å². The van der Waals surface area contributed by atoms with Crippen molar-refractivity contribution in [2.75, 3.05) is 26.3 Å². The molecule has 2 heterocycles. The SMILES string of the molecule is Cc1ccc2c(c1)nc(CN1CCOCC1)n2CCC(=O)O. The van der Waals surface area contributed by atoms with E-state index in [0.29, 0.717) is 6.54 Å². The molecule has 1 N–H and O–H groups in total. The summed E-state index contributed by atoms with van der Waals surface area (Å²) in [6, 6.07) is 6.12. The van der Waals surface area contributed by atoms with Crippen LogP contribution >= 0.6 is 0 Å². The number of benzene rings is 1. The number of rotatable bonds is 5. The van der Waals surface area contributed by atoms with Crippen molar-refractivity contribution in [3.05, 3.63) is 29.6 Å². The molecule has 0 bridgehead atoms. The van der Waals surface area contributed by atoms with Crippen molar-refractivity contribution in [2.24, 2.45) is 0 Å². The van der Waals surface area contributed by atoms with Crippen LogP contribution in [0, 0.1) is 6.92 Å². The van der Waals surface area contributed by atoms with E-state index in [9.17, 15) is 4.79 Å². The van der Waals surface area contributed by atoms with E-state index in [-0.39, 0.29) is 6.42 Å². The monoisotopic (exact) mass is 303 g/mol. The summed E-state index contributed by atoms with van der Waals surface area (Å²) in [6.45, 7) is 6.49. The van der Waals surface area contributed by atoms with Gasteiger partial charge in [-0.15, -0.1) is 0 Å². The quantitative estimate of drug-likeness (QED) is 0.909. The number of nitrogens with zero attached hydrogens (tertiary/aromatic N) is 3. The molecule has 3 rings (SSSR count). The molecule has 1 aliphatic rings. The van der Waals surface area contributed by atoms with E-state index in [4.69, 9.17) is 14.8 Å². The van der Waals surface area contributed by atoms with Crippen LogP contribution in [0.5, 0.6) is 0 Å². The number of aromatic nitrogens is 2. The predicted octanol–water partition coefficient (Wildman–Crippen LogP) is 1.65. The first-order chi connectivity index (χ1) is 10.6. The summed E-state index contributed by atoms with van der Waals surface area (Å²) in [6.07, 6.45) is 0.107. The number of morpholine rings is 1. The zero-order valence-corrected chi connectivity index (χ0v) is 12.8. The minimum atomic E-state index is -0.786. The van der Waals surface area contributed by atoms with E-state index < -0.39 is 5.97 Å². The fourth-order valence-corrected chi connectivity index (χ4v) is 2.83. The van der Waals surface area contributed by atoms with Crippen molar-refractivity contribution in [1.29, 1.82) is 0 Å². The van der Waals surface area contributed by atoms with Gasteiger partial charge in [-0.05, 0) is 24.6 Å². The lowest BCUT2D eigenvalue weighted by Crippen LogP contribution is -2.36. The van der Waals surface area contributed by atoms with Gasteiger partial charge in [-0.3, -0.25) is 9.69 Å². The lowest BCUT2D eigenvalue weighted by atomic mass is 10.2. The van der Waals surface area contributed by atoms with Gasteiger partial charge in [0, 0.05) is 19.6 Å². The van der Waals surface area contributed by atoms with Crippen molar-refractivity contribution >= 4 is 17.0 Å². The first kappa shape index (κ1) is 15.0. The van der Waals surface area contributed by atoms with Crippen LogP contribution in [0.25, 0.3) is 11.0 Å². The average Bonchev–Trinajstić information content (AvgIpc) is 2.82. The Morgan fingerprint density at radius 3 is 2.86 bits per heavy atom. The molecule has 6 heteroatoms. The van der Waals surface area contributed by atoms with Crippen molar-refractivity contribution < 1.29 is 14.6 Å². The second kappa shape index (κ2) is 6.46. The third kappa shape index (κ3) is 3.28. The Morgan fingerprint density at radius 1 is 1.36 bits per heavy atom. The third-order valence-electron chi connectivity index (χ3n) is 4.00. The van der Waals surface area contributed by atoms with Crippen LogP contribution in [0.1, 0.15) is 17.8 Å². The molecule has 1 saturated heterocycles. The molecule has 118 valence electrons. The molecule has 0 saturated carbocycles. The Hall–Kier alpha value is -1.92. The Morgan fingerprint density at radius 2 is 2.14 bits per heavy atom. The highest BCUT2D eigenvalue weighted by molar-refractivity contribution is 5.77. The number of hydrogen-bond acceptors (Lipinski definition) is 4. The first-order valence-electron chi connectivity index (χ1n) is 7.61. The Bertz CT molecular complexity index is 675. The highest BCUT2D eigenvalue weighted by Crippen LogP contribution is 2.20. The lowest BCUT2D eigenvalue weighted by Gasteiger charge is -2.26. The maximum Gasteiger partial charge on any atom is 0.305 e. The molecular weight excluding hydrogens is 282 g/mol. The highest BCUT2D eigenvalue weighted by atomic mass is 16.5. The fraction of sp³-hybridized carbons (Fsp3) is 0.500. The van der Waals surface area contributed by atoms with Crippen LogP contribution < -0.4 is 0 Å². The molecule has 0 spiro atoms. The summed E-state index contributed by atoms with van der Waals surface area (Å²) < 4.78 is 7.41. The van der Waals surface area contributed by atoms with E-state index in [0.717, 1.165) is 55.3 Å². The van der Waals surface area contributed by atoms with Crippen LogP contribution in [-0.2, 0) is 22.6 Å².